The van der Waals surface area contributed by atoms with Gasteiger partial charge in [-0.25, -0.2) is 4.90 Å². The minimum absolute atomic E-state index is 0.219. The molecular weight excluding hydrogens is 452 g/mol. The van der Waals surface area contributed by atoms with Gasteiger partial charge in [-0.2, -0.15) is 10.5 Å². The Morgan fingerprint density at radius 1 is 0.944 bits per heavy atom. The topological polar surface area (TPSA) is 106 Å². The quantitative estimate of drug-likeness (QED) is 0.543. The van der Waals surface area contributed by atoms with Crippen LogP contribution in [0.2, 0.25) is 0 Å². The molecule has 7 nitrogen and oxygen atoms in total. The van der Waals surface area contributed by atoms with Crippen LogP contribution >= 0.6 is 0 Å². The fourth-order valence-corrected chi connectivity index (χ4v) is 6.50. The number of nitrogens with one attached hydrogen (secondary N) is 1. The fraction of sp³-hybridized carbons (Fsp3) is 0.310. The number of nitrogens with zero attached hydrogens (tertiary/aromatic N) is 3. The molecule has 0 saturated carbocycles. The van der Waals surface area contributed by atoms with E-state index in [4.69, 9.17) is 10.00 Å². The third kappa shape index (κ3) is 3.07. The molecule has 3 heterocycles. The highest BCUT2D eigenvalue weighted by Crippen LogP contribution is 2.62. The summed E-state index contributed by atoms with van der Waals surface area (Å²) in [6.07, 6.45) is 2.04. The zero-order chi connectivity index (χ0) is 25.1. The number of benzene rings is 3. The first kappa shape index (κ1) is 22.3. The molecule has 178 valence electrons. The number of imide groups is 1. The molecule has 0 unspecified atom stereocenters. The maximum atomic E-state index is 13.9. The first-order valence-electron chi connectivity index (χ1n) is 12.1. The number of amides is 2. The summed E-state index contributed by atoms with van der Waals surface area (Å²) in [6.45, 7) is 2.53. The predicted octanol–water partition coefficient (Wildman–Crippen LogP) is 4.51. The molecule has 7 heteroatoms. The molecule has 3 aromatic carbocycles. The molecule has 2 bridgehead atoms. The lowest BCUT2D eigenvalue weighted by Crippen LogP contribution is -2.43. The van der Waals surface area contributed by atoms with Crippen molar-refractivity contribution in [1.82, 2.24) is 0 Å². The van der Waals surface area contributed by atoms with E-state index in [2.05, 4.69) is 17.5 Å². The molecule has 0 aliphatic carbocycles. The molecule has 3 fully saturated rings. The minimum atomic E-state index is -0.705. The van der Waals surface area contributed by atoms with Crippen LogP contribution in [0, 0.1) is 34.5 Å². The number of carbonyl (C=O) groups excluding carboxylic acids is 2. The van der Waals surface area contributed by atoms with E-state index >= 15 is 0 Å². The van der Waals surface area contributed by atoms with E-state index in [1.165, 1.54) is 4.90 Å². The van der Waals surface area contributed by atoms with Gasteiger partial charge in [-0.3, -0.25) is 9.59 Å². The van der Waals surface area contributed by atoms with Gasteiger partial charge in [0.25, 0.3) is 0 Å². The third-order valence-electron chi connectivity index (χ3n) is 8.17. The van der Waals surface area contributed by atoms with Crippen LogP contribution in [0.1, 0.15) is 37.3 Å². The summed E-state index contributed by atoms with van der Waals surface area (Å²) in [5.41, 5.74) is 1.14. The van der Waals surface area contributed by atoms with Crippen molar-refractivity contribution in [1.29, 1.82) is 10.5 Å². The van der Waals surface area contributed by atoms with Crippen molar-refractivity contribution in [2.24, 2.45) is 11.8 Å². The Labute approximate surface area is 208 Å². The second-order valence-corrected chi connectivity index (χ2v) is 10.1. The standard InChI is InChI=1S/C29H24N4O3/c1-28-12-13-29(36-28,14-15-32-20-9-6-18(16-30)7-10-20)25-24(28)26(34)33(27(25)35)23-11-8-19(17-31)21-4-2-3-5-22(21)23/h2-11,24-25,32H,12-15H2,1H3/t24-,25+,28-,29-/m1/s1. The molecule has 36 heavy (non-hydrogen) atoms. The average molecular weight is 477 g/mol. The average Bonchev–Trinajstić information content (AvgIpc) is 3.48. The Morgan fingerprint density at radius 2 is 1.67 bits per heavy atom. The van der Waals surface area contributed by atoms with Crippen LogP contribution in [0.25, 0.3) is 10.8 Å². The van der Waals surface area contributed by atoms with E-state index in [0.717, 1.165) is 23.9 Å². The molecule has 4 atom stereocenters. The summed E-state index contributed by atoms with van der Waals surface area (Å²) in [5, 5.41) is 23.3. The highest BCUT2D eigenvalue weighted by Gasteiger charge is 2.73. The van der Waals surface area contributed by atoms with Crippen molar-refractivity contribution in [3.63, 3.8) is 0 Å². The maximum absolute atomic E-state index is 13.9. The van der Waals surface area contributed by atoms with Crippen LogP contribution in [-0.2, 0) is 14.3 Å². The Morgan fingerprint density at radius 3 is 2.39 bits per heavy atom. The number of hydrogen-bond acceptors (Lipinski definition) is 6. The van der Waals surface area contributed by atoms with Crippen LogP contribution in [0.5, 0.6) is 0 Å². The Kier molecular flexibility index (Phi) is 4.90. The van der Waals surface area contributed by atoms with Gasteiger partial charge in [0.1, 0.15) is 0 Å². The summed E-state index contributed by atoms with van der Waals surface area (Å²) < 4.78 is 6.54. The largest absolute Gasteiger partial charge is 0.385 e. The number of ether oxygens (including phenoxy) is 1. The number of carbonyl (C=O) groups is 2. The first-order valence-corrected chi connectivity index (χ1v) is 12.1. The second kappa shape index (κ2) is 7.91. The number of nitriles is 2. The van der Waals surface area contributed by atoms with Gasteiger partial charge in [0.15, 0.2) is 0 Å². The molecule has 6 rings (SSSR count). The summed E-state index contributed by atoms with van der Waals surface area (Å²) in [4.78, 5) is 29.1. The van der Waals surface area contributed by atoms with Crippen molar-refractivity contribution >= 4 is 34.0 Å². The highest BCUT2D eigenvalue weighted by atomic mass is 16.5. The van der Waals surface area contributed by atoms with E-state index in [1.807, 2.05) is 43.3 Å². The fourth-order valence-electron chi connectivity index (χ4n) is 6.50. The molecular formula is C29H24N4O3. The molecule has 0 spiro atoms. The zero-order valence-corrected chi connectivity index (χ0v) is 19.8. The zero-order valence-electron chi connectivity index (χ0n) is 19.8. The maximum Gasteiger partial charge on any atom is 0.240 e. The van der Waals surface area contributed by atoms with Gasteiger partial charge in [0, 0.05) is 23.0 Å². The van der Waals surface area contributed by atoms with Crippen molar-refractivity contribution < 1.29 is 14.3 Å². The first-order chi connectivity index (χ1) is 17.4. The van der Waals surface area contributed by atoms with Crippen LogP contribution < -0.4 is 10.2 Å². The van der Waals surface area contributed by atoms with E-state index in [9.17, 15) is 14.9 Å². The van der Waals surface area contributed by atoms with Crippen molar-refractivity contribution in [3.8, 4) is 12.1 Å². The smallest absolute Gasteiger partial charge is 0.240 e. The van der Waals surface area contributed by atoms with E-state index in [1.54, 1.807) is 24.3 Å². The third-order valence-corrected chi connectivity index (χ3v) is 8.17. The lowest BCUT2D eigenvalue weighted by molar-refractivity contribution is -0.130. The Balaban J connectivity index is 1.31. The van der Waals surface area contributed by atoms with E-state index < -0.39 is 23.0 Å². The number of fused-ring (bicyclic) bond motifs is 6. The summed E-state index contributed by atoms with van der Waals surface area (Å²) in [6, 6.07) is 22.3. The second-order valence-electron chi connectivity index (χ2n) is 10.1. The van der Waals surface area contributed by atoms with Crippen LogP contribution in [-0.4, -0.2) is 29.6 Å². The summed E-state index contributed by atoms with van der Waals surface area (Å²) >= 11 is 0. The number of hydrogen-bond donors (Lipinski definition) is 1. The normalized spacial score (nSPS) is 28.2. The molecule has 3 aliphatic rings. The molecule has 3 aliphatic heterocycles. The Hall–Kier alpha value is -4.20. The van der Waals surface area contributed by atoms with E-state index in [-0.39, 0.29) is 11.8 Å². The van der Waals surface area contributed by atoms with Crippen LogP contribution in [0.3, 0.4) is 0 Å². The molecule has 3 aromatic rings. The molecule has 0 radical (unpaired) electrons. The molecule has 2 amide bonds. The lowest BCUT2D eigenvalue weighted by Gasteiger charge is -2.31. The van der Waals surface area contributed by atoms with Gasteiger partial charge in [0.05, 0.1) is 52.0 Å². The predicted molar refractivity (Wildman–Crippen MR) is 134 cm³/mol. The van der Waals surface area contributed by atoms with Gasteiger partial charge < -0.3 is 10.1 Å². The van der Waals surface area contributed by atoms with Gasteiger partial charge in [-0.15, -0.1) is 0 Å². The molecule has 1 N–H and O–H groups in total. The summed E-state index contributed by atoms with van der Waals surface area (Å²) in [7, 11) is 0. The highest BCUT2D eigenvalue weighted by molar-refractivity contribution is 6.26. The number of rotatable bonds is 5. The SMILES string of the molecule is C[C@]12CC[C@](CCNc3ccc(C#N)cc3)(O1)[C@@H]1C(=O)N(c3ccc(C#N)c4ccccc34)C(=O)[C@@H]12. The van der Waals surface area contributed by atoms with Crippen molar-refractivity contribution in [2.75, 3.05) is 16.8 Å². The number of anilines is 2. The van der Waals surface area contributed by atoms with E-state index in [0.29, 0.717) is 35.2 Å². The van der Waals surface area contributed by atoms with Gasteiger partial charge >= 0.3 is 0 Å². The molecule has 0 aromatic heterocycles. The molecule has 3 saturated heterocycles. The van der Waals surface area contributed by atoms with Gasteiger partial charge in [0.2, 0.25) is 11.8 Å². The monoisotopic (exact) mass is 476 g/mol. The van der Waals surface area contributed by atoms with Crippen molar-refractivity contribution in [2.45, 2.75) is 37.4 Å². The van der Waals surface area contributed by atoms with Crippen LogP contribution in [0.4, 0.5) is 11.4 Å². The van der Waals surface area contributed by atoms with Crippen molar-refractivity contribution in [3.05, 3.63) is 71.8 Å². The Bertz CT molecular complexity index is 1500. The lowest BCUT2D eigenvalue weighted by atomic mass is 9.67. The van der Waals surface area contributed by atoms with Crippen LogP contribution in [0.15, 0.2) is 60.7 Å². The van der Waals surface area contributed by atoms with Gasteiger partial charge in [-0.05, 0) is 62.6 Å². The summed E-state index contributed by atoms with van der Waals surface area (Å²) in [5.74, 6) is -1.50. The minimum Gasteiger partial charge on any atom is -0.385 e. The van der Waals surface area contributed by atoms with Gasteiger partial charge in [-0.1, -0.05) is 24.3 Å².